The van der Waals surface area contributed by atoms with Crippen LogP contribution in [0.1, 0.15) is 25.3 Å². The molecular weight excluding hydrogens is 253 g/mol. The topological polar surface area (TPSA) is 32.5 Å². The second kappa shape index (κ2) is 6.66. The van der Waals surface area contributed by atoms with Crippen LogP contribution in [0.3, 0.4) is 0 Å². The number of benzene rings is 1. The molecular formula is C16H26FN3. The lowest BCUT2D eigenvalue weighted by atomic mass is 9.85. The molecule has 0 bridgehead atoms. The molecule has 0 radical (unpaired) electrons. The van der Waals surface area contributed by atoms with Crippen LogP contribution in [0.4, 0.5) is 4.39 Å². The molecule has 2 rings (SSSR count). The summed E-state index contributed by atoms with van der Waals surface area (Å²) >= 11 is 0. The molecule has 0 saturated carbocycles. The van der Waals surface area contributed by atoms with Gasteiger partial charge >= 0.3 is 0 Å². The second-order valence-corrected chi connectivity index (χ2v) is 5.85. The zero-order chi connectivity index (χ0) is 14.6. The third-order valence-electron chi connectivity index (χ3n) is 4.76. The van der Waals surface area contributed by atoms with Gasteiger partial charge in [-0.05, 0) is 57.2 Å². The molecule has 0 atom stereocenters. The average molecular weight is 279 g/mol. The molecule has 0 spiro atoms. The molecule has 1 aromatic rings. The number of rotatable bonds is 5. The summed E-state index contributed by atoms with van der Waals surface area (Å²) < 4.78 is 13.0. The number of nitrogens with zero attached hydrogens (tertiary/aromatic N) is 2. The normalized spacial score (nSPS) is 19.4. The van der Waals surface area contributed by atoms with Crippen LogP contribution < -0.4 is 5.73 Å². The van der Waals surface area contributed by atoms with E-state index in [9.17, 15) is 4.39 Å². The lowest BCUT2D eigenvalue weighted by molar-refractivity contribution is 0.0418. The second-order valence-electron chi connectivity index (χ2n) is 5.85. The Morgan fingerprint density at radius 2 is 1.85 bits per heavy atom. The molecule has 1 aliphatic heterocycles. The molecule has 3 nitrogen and oxygen atoms in total. The first kappa shape index (κ1) is 15.4. The third-order valence-corrected chi connectivity index (χ3v) is 4.76. The number of hydrogen-bond donors (Lipinski definition) is 1. The average Bonchev–Trinajstić information content (AvgIpc) is 2.49. The first-order valence-corrected chi connectivity index (χ1v) is 7.48. The van der Waals surface area contributed by atoms with Crippen molar-refractivity contribution in [2.45, 2.75) is 31.8 Å². The minimum atomic E-state index is -0.179. The van der Waals surface area contributed by atoms with Gasteiger partial charge < -0.3 is 10.6 Å². The monoisotopic (exact) mass is 279 g/mol. The van der Waals surface area contributed by atoms with E-state index in [0.717, 1.165) is 44.6 Å². The van der Waals surface area contributed by atoms with Crippen LogP contribution in [-0.4, -0.2) is 48.6 Å². The Hall–Kier alpha value is -0.970. The van der Waals surface area contributed by atoms with Crippen molar-refractivity contribution in [2.24, 2.45) is 5.73 Å². The molecule has 0 amide bonds. The van der Waals surface area contributed by atoms with Crippen LogP contribution in [0, 0.1) is 5.82 Å². The largest absolute Gasteiger partial charge is 0.329 e. The summed E-state index contributed by atoms with van der Waals surface area (Å²) in [5.74, 6) is -0.179. The number of nitrogens with two attached hydrogens (primary N) is 1. The highest BCUT2D eigenvalue weighted by Gasteiger charge is 2.36. The molecule has 0 unspecified atom stereocenters. The van der Waals surface area contributed by atoms with Crippen molar-refractivity contribution in [1.29, 1.82) is 0 Å². The Labute approximate surface area is 121 Å². The Morgan fingerprint density at radius 1 is 1.25 bits per heavy atom. The van der Waals surface area contributed by atoms with E-state index in [4.69, 9.17) is 5.73 Å². The molecule has 4 heteroatoms. The standard InChI is InChI=1S/C16H26FN3/c1-3-20-10-8-16(13-18,9-11-20)19(2)12-14-4-6-15(17)7-5-14/h4-7H,3,8-13,18H2,1-2H3. The minimum Gasteiger partial charge on any atom is -0.329 e. The quantitative estimate of drug-likeness (QED) is 0.895. The lowest BCUT2D eigenvalue weighted by Crippen LogP contribution is -2.57. The number of hydrogen-bond acceptors (Lipinski definition) is 3. The van der Waals surface area contributed by atoms with Crippen molar-refractivity contribution in [2.75, 3.05) is 33.2 Å². The van der Waals surface area contributed by atoms with Crippen LogP contribution in [0.5, 0.6) is 0 Å². The third kappa shape index (κ3) is 3.37. The van der Waals surface area contributed by atoms with E-state index in [1.54, 1.807) is 0 Å². The first-order chi connectivity index (χ1) is 9.59. The summed E-state index contributed by atoms with van der Waals surface area (Å²) in [7, 11) is 2.14. The van der Waals surface area contributed by atoms with E-state index < -0.39 is 0 Å². The van der Waals surface area contributed by atoms with Crippen LogP contribution in [0.25, 0.3) is 0 Å². The van der Waals surface area contributed by atoms with Crippen LogP contribution in [0.2, 0.25) is 0 Å². The summed E-state index contributed by atoms with van der Waals surface area (Å²) in [4.78, 5) is 4.83. The van der Waals surface area contributed by atoms with Gasteiger partial charge in [-0.15, -0.1) is 0 Å². The molecule has 112 valence electrons. The summed E-state index contributed by atoms with van der Waals surface area (Å²) in [6, 6.07) is 6.77. The van der Waals surface area contributed by atoms with Crippen LogP contribution in [0.15, 0.2) is 24.3 Å². The van der Waals surface area contributed by atoms with E-state index >= 15 is 0 Å². The highest BCUT2D eigenvalue weighted by molar-refractivity contribution is 5.16. The van der Waals surface area contributed by atoms with Crippen molar-refractivity contribution >= 4 is 0 Å². The smallest absolute Gasteiger partial charge is 0.123 e. The lowest BCUT2D eigenvalue weighted by Gasteiger charge is -2.47. The molecule has 0 aliphatic carbocycles. The van der Waals surface area contributed by atoms with Crippen molar-refractivity contribution in [3.05, 3.63) is 35.6 Å². The predicted molar refractivity (Wildman–Crippen MR) is 81.0 cm³/mol. The fourth-order valence-electron chi connectivity index (χ4n) is 3.06. The predicted octanol–water partition coefficient (Wildman–Crippen LogP) is 2.07. The van der Waals surface area contributed by atoms with E-state index in [2.05, 4.69) is 23.8 Å². The van der Waals surface area contributed by atoms with Gasteiger partial charge in [-0.25, -0.2) is 4.39 Å². The van der Waals surface area contributed by atoms with Crippen molar-refractivity contribution in [3.8, 4) is 0 Å². The maximum absolute atomic E-state index is 13.0. The van der Waals surface area contributed by atoms with Gasteiger partial charge in [-0.3, -0.25) is 4.90 Å². The van der Waals surface area contributed by atoms with E-state index in [0.29, 0.717) is 6.54 Å². The fraction of sp³-hybridized carbons (Fsp3) is 0.625. The number of piperidine rings is 1. The highest BCUT2D eigenvalue weighted by atomic mass is 19.1. The van der Waals surface area contributed by atoms with E-state index in [-0.39, 0.29) is 11.4 Å². The zero-order valence-corrected chi connectivity index (χ0v) is 12.6. The van der Waals surface area contributed by atoms with E-state index in [1.807, 2.05) is 12.1 Å². The molecule has 1 aliphatic rings. The van der Waals surface area contributed by atoms with Crippen LogP contribution >= 0.6 is 0 Å². The van der Waals surface area contributed by atoms with Gasteiger partial charge in [0.05, 0.1) is 0 Å². The fourth-order valence-corrected chi connectivity index (χ4v) is 3.06. The first-order valence-electron chi connectivity index (χ1n) is 7.48. The summed E-state index contributed by atoms with van der Waals surface area (Å²) in [6.45, 7) is 7.05. The van der Waals surface area contributed by atoms with E-state index in [1.165, 1.54) is 12.1 Å². The van der Waals surface area contributed by atoms with Gasteiger partial charge in [-0.2, -0.15) is 0 Å². The number of likely N-dealkylation sites (N-methyl/N-ethyl adjacent to an activating group) is 1. The van der Waals surface area contributed by atoms with Gasteiger partial charge in [-0.1, -0.05) is 19.1 Å². The van der Waals surface area contributed by atoms with Crippen molar-refractivity contribution in [3.63, 3.8) is 0 Å². The summed E-state index contributed by atoms with van der Waals surface area (Å²) in [5, 5.41) is 0. The zero-order valence-electron chi connectivity index (χ0n) is 12.6. The Kier molecular flexibility index (Phi) is 5.13. The summed E-state index contributed by atoms with van der Waals surface area (Å²) in [6.07, 6.45) is 2.21. The van der Waals surface area contributed by atoms with Gasteiger partial charge in [0, 0.05) is 18.6 Å². The Morgan fingerprint density at radius 3 is 2.35 bits per heavy atom. The number of likely N-dealkylation sites (tertiary alicyclic amines) is 1. The number of halogens is 1. The molecule has 0 aromatic heterocycles. The minimum absolute atomic E-state index is 0.0834. The Balaban J connectivity index is 2.02. The molecule has 2 N–H and O–H groups in total. The SMILES string of the molecule is CCN1CCC(CN)(N(C)Cc2ccc(F)cc2)CC1. The van der Waals surface area contributed by atoms with Crippen molar-refractivity contribution in [1.82, 2.24) is 9.80 Å². The molecule has 1 aromatic carbocycles. The van der Waals surface area contributed by atoms with Gasteiger partial charge in [0.2, 0.25) is 0 Å². The Bertz CT molecular complexity index is 410. The maximum Gasteiger partial charge on any atom is 0.123 e. The van der Waals surface area contributed by atoms with Gasteiger partial charge in [0.1, 0.15) is 5.82 Å². The van der Waals surface area contributed by atoms with Crippen molar-refractivity contribution < 1.29 is 4.39 Å². The highest BCUT2D eigenvalue weighted by Crippen LogP contribution is 2.28. The molecule has 20 heavy (non-hydrogen) atoms. The van der Waals surface area contributed by atoms with Gasteiger partial charge in [0.25, 0.3) is 0 Å². The molecule has 1 fully saturated rings. The van der Waals surface area contributed by atoms with Crippen LogP contribution in [-0.2, 0) is 6.54 Å². The maximum atomic E-state index is 13.0. The molecule has 1 heterocycles. The van der Waals surface area contributed by atoms with Gasteiger partial charge in [0.15, 0.2) is 0 Å². The summed E-state index contributed by atoms with van der Waals surface area (Å²) in [5.41, 5.74) is 7.31. The molecule has 1 saturated heterocycles.